The highest BCUT2D eigenvalue weighted by molar-refractivity contribution is 5.88. The molecule has 0 aliphatic heterocycles. The predicted molar refractivity (Wildman–Crippen MR) is 103 cm³/mol. The van der Waals surface area contributed by atoms with Gasteiger partial charge in [0.25, 0.3) is 0 Å². The Bertz CT molecular complexity index is 1060. The van der Waals surface area contributed by atoms with Crippen molar-refractivity contribution in [1.29, 1.82) is 5.26 Å². The molecule has 0 aliphatic carbocycles. The van der Waals surface area contributed by atoms with Gasteiger partial charge in [0.1, 0.15) is 12.7 Å². The Morgan fingerprint density at radius 3 is 2.08 bits per heavy atom. The molecule has 26 heavy (non-hydrogen) atoms. The van der Waals surface area contributed by atoms with E-state index in [0.717, 1.165) is 27.7 Å². The van der Waals surface area contributed by atoms with Crippen LogP contribution in [0.4, 0.5) is 0 Å². The molecule has 0 saturated heterocycles. The summed E-state index contributed by atoms with van der Waals surface area (Å²) in [4.78, 5) is 6.16. The van der Waals surface area contributed by atoms with Gasteiger partial charge >= 0.3 is 0 Å². The Kier molecular flexibility index (Phi) is 4.40. The van der Waals surface area contributed by atoms with E-state index in [4.69, 9.17) is 4.84 Å². The standard InChI is InChI=1S/C23H18N2O/c24-16-21-20-13-7-8-14-22(20)25(26-17-19-11-5-2-6-12-19)23(21)15-18-9-3-1-4-10-18/h1-14H,15,17H2. The maximum Gasteiger partial charge on any atom is 0.140 e. The summed E-state index contributed by atoms with van der Waals surface area (Å²) >= 11 is 0. The van der Waals surface area contributed by atoms with Gasteiger partial charge in [0.05, 0.1) is 16.8 Å². The predicted octanol–water partition coefficient (Wildman–Crippen LogP) is 4.73. The van der Waals surface area contributed by atoms with Gasteiger partial charge in [-0.25, -0.2) is 0 Å². The molecule has 0 aliphatic rings. The van der Waals surface area contributed by atoms with E-state index in [1.807, 2.05) is 77.5 Å². The van der Waals surface area contributed by atoms with Gasteiger partial charge in [0.2, 0.25) is 0 Å². The zero-order chi connectivity index (χ0) is 17.8. The molecule has 3 heteroatoms. The largest absolute Gasteiger partial charge is 0.409 e. The quantitative estimate of drug-likeness (QED) is 0.527. The van der Waals surface area contributed by atoms with Crippen molar-refractivity contribution >= 4 is 10.9 Å². The lowest BCUT2D eigenvalue weighted by atomic mass is 10.1. The third kappa shape index (κ3) is 3.05. The van der Waals surface area contributed by atoms with Gasteiger partial charge in [-0.15, -0.1) is 0 Å². The Hall–Kier alpha value is -3.51. The summed E-state index contributed by atoms with van der Waals surface area (Å²) in [5, 5.41) is 10.7. The van der Waals surface area contributed by atoms with Crippen LogP contribution in [0.5, 0.6) is 0 Å². The van der Waals surface area contributed by atoms with Gasteiger partial charge in [-0.3, -0.25) is 0 Å². The summed E-state index contributed by atoms with van der Waals surface area (Å²) in [5.41, 5.74) is 4.73. The van der Waals surface area contributed by atoms with E-state index in [1.165, 1.54) is 0 Å². The number of nitrogens with zero attached hydrogens (tertiary/aromatic N) is 2. The summed E-state index contributed by atoms with van der Waals surface area (Å²) in [5.74, 6) is 0. The maximum absolute atomic E-state index is 9.77. The average Bonchev–Trinajstić information content (AvgIpc) is 3.00. The molecular weight excluding hydrogens is 320 g/mol. The molecule has 0 saturated carbocycles. The lowest BCUT2D eigenvalue weighted by Crippen LogP contribution is -2.15. The average molecular weight is 338 g/mol. The first-order valence-corrected chi connectivity index (χ1v) is 8.60. The van der Waals surface area contributed by atoms with Crippen molar-refractivity contribution < 1.29 is 4.84 Å². The molecule has 0 N–H and O–H groups in total. The first-order valence-electron chi connectivity index (χ1n) is 8.60. The van der Waals surface area contributed by atoms with Crippen molar-refractivity contribution in [2.24, 2.45) is 0 Å². The van der Waals surface area contributed by atoms with Gasteiger partial charge < -0.3 is 4.84 Å². The minimum Gasteiger partial charge on any atom is -0.409 e. The molecule has 0 bridgehead atoms. The molecule has 0 fully saturated rings. The summed E-state index contributed by atoms with van der Waals surface area (Å²) in [6, 6.07) is 30.5. The Labute approximate surface area is 152 Å². The van der Waals surface area contributed by atoms with Crippen LogP contribution in [-0.4, -0.2) is 4.73 Å². The molecule has 0 atom stereocenters. The molecule has 3 aromatic carbocycles. The van der Waals surface area contributed by atoms with Crippen LogP contribution in [0, 0.1) is 11.3 Å². The number of aromatic nitrogens is 1. The lowest BCUT2D eigenvalue weighted by Gasteiger charge is -2.13. The van der Waals surface area contributed by atoms with E-state index < -0.39 is 0 Å². The second-order valence-corrected chi connectivity index (χ2v) is 6.17. The molecule has 0 radical (unpaired) electrons. The van der Waals surface area contributed by atoms with Crippen molar-refractivity contribution in [3.05, 3.63) is 107 Å². The molecule has 0 amide bonds. The van der Waals surface area contributed by atoms with E-state index in [9.17, 15) is 5.26 Å². The van der Waals surface area contributed by atoms with Crippen LogP contribution in [0.2, 0.25) is 0 Å². The van der Waals surface area contributed by atoms with E-state index in [0.29, 0.717) is 18.6 Å². The monoisotopic (exact) mass is 338 g/mol. The van der Waals surface area contributed by atoms with Crippen LogP contribution in [0.15, 0.2) is 84.9 Å². The van der Waals surface area contributed by atoms with E-state index >= 15 is 0 Å². The molecule has 1 heterocycles. The Morgan fingerprint density at radius 1 is 0.769 bits per heavy atom. The summed E-state index contributed by atoms with van der Waals surface area (Å²) in [6.07, 6.45) is 0.646. The highest BCUT2D eigenvalue weighted by Gasteiger charge is 2.18. The van der Waals surface area contributed by atoms with Gasteiger partial charge in [-0.1, -0.05) is 78.9 Å². The fourth-order valence-corrected chi connectivity index (χ4v) is 3.20. The van der Waals surface area contributed by atoms with Crippen LogP contribution >= 0.6 is 0 Å². The van der Waals surface area contributed by atoms with E-state index in [2.05, 4.69) is 18.2 Å². The van der Waals surface area contributed by atoms with Crippen LogP contribution in [0.25, 0.3) is 10.9 Å². The Balaban J connectivity index is 1.78. The first-order chi connectivity index (χ1) is 12.9. The minimum atomic E-state index is 0.451. The van der Waals surface area contributed by atoms with Crippen LogP contribution in [0.1, 0.15) is 22.4 Å². The molecule has 126 valence electrons. The molecule has 0 unspecified atom stereocenters. The molecule has 1 aromatic heterocycles. The van der Waals surface area contributed by atoms with Crippen molar-refractivity contribution in [2.45, 2.75) is 13.0 Å². The van der Waals surface area contributed by atoms with Gasteiger partial charge in [-0.2, -0.15) is 9.99 Å². The summed E-state index contributed by atoms with van der Waals surface area (Å²) < 4.78 is 1.83. The van der Waals surface area contributed by atoms with Crippen molar-refractivity contribution in [3.63, 3.8) is 0 Å². The summed E-state index contributed by atoms with van der Waals surface area (Å²) in [6.45, 7) is 0.451. The fourth-order valence-electron chi connectivity index (χ4n) is 3.20. The van der Waals surface area contributed by atoms with E-state index in [1.54, 1.807) is 0 Å². The minimum absolute atomic E-state index is 0.451. The second kappa shape index (κ2) is 7.16. The van der Waals surface area contributed by atoms with Gasteiger partial charge in [-0.05, 0) is 17.2 Å². The van der Waals surface area contributed by atoms with Crippen LogP contribution in [0.3, 0.4) is 0 Å². The van der Waals surface area contributed by atoms with Crippen molar-refractivity contribution in [2.75, 3.05) is 0 Å². The molecule has 0 spiro atoms. The highest BCUT2D eigenvalue weighted by Crippen LogP contribution is 2.27. The topological polar surface area (TPSA) is 38.0 Å². The van der Waals surface area contributed by atoms with Gasteiger partial charge in [0.15, 0.2) is 0 Å². The van der Waals surface area contributed by atoms with Gasteiger partial charge in [0, 0.05) is 11.8 Å². The third-order valence-electron chi connectivity index (χ3n) is 4.46. The number of benzene rings is 3. The van der Waals surface area contributed by atoms with Crippen molar-refractivity contribution in [1.82, 2.24) is 4.73 Å². The summed E-state index contributed by atoms with van der Waals surface area (Å²) in [7, 11) is 0. The fraction of sp³-hybridized carbons (Fsp3) is 0.0870. The van der Waals surface area contributed by atoms with Crippen molar-refractivity contribution in [3.8, 4) is 6.07 Å². The number of hydrogen-bond acceptors (Lipinski definition) is 2. The molecular formula is C23H18N2O. The maximum atomic E-state index is 9.77. The number of rotatable bonds is 5. The zero-order valence-electron chi connectivity index (χ0n) is 14.3. The van der Waals surface area contributed by atoms with Crippen LogP contribution in [-0.2, 0) is 13.0 Å². The Morgan fingerprint density at radius 2 is 1.38 bits per heavy atom. The number of hydrogen-bond donors (Lipinski definition) is 0. The number of fused-ring (bicyclic) bond motifs is 1. The second-order valence-electron chi connectivity index (χ2n) is 6.17. The third-order valence-corrected chi connectivity index (χ3v) is 4.46. The van der Waals surface area contributed by atoms with E-state index in [-0.39, 0.29) is 0 Å². The van der Waals surface area contributed by atoms with Crippen LogP contribution < -0.4 is 4.84 Å². The zero-order valence-corrected chi connectivity index (χ0v) is 14.3. The number of para-hydroxylation sites is 1. The normalized spacial score (nSPS) is 10.6. The lowest BCUT2D eigenvalue weighted by molar-refractivity contribution is 0.102. The number of nitriles is 1. The smallest absolute Gasteiger partial charge is 0.140 e. The molecule has 4 aromatic rings. The molecule has 3 nitrogen and oxygen atoms in total. The highest BCUT2D eigenvalue weighted by atomic mass is 16.7. The SMILES string of the molecule is N#Cc1c(Cc2ccccc2)n(OCc2ccccc2)c2ccccc12. The first kappa shape index (κ1) is 16.0. The molecule has 4 rings (SSSR count).